The topological polar surface area (TPSA) is 69.4 Å². The van der Waals surface area contributed by atoms with Gasteiger partial charge in [0.15, 0.2) is 0 Å². The summed E-state index contributed by atoms with van der Waals surface area (Å²) in [6.45, 7) is -2.97. The second kappa shape index (κ2) is 5.56. The molecule has 4 nitrogen and oxygen atoms in total. The first-order chi connectivity index (χ1) is 9.38. The molecule has 0 heterocycles. The summed E-state index contributed by atoms with van der Waals surface area (Å²) >= 11 is 0. The van der Waals surface area contributed by atoms with Gasteiger partial charge in [-0.2, -0.15) is 8.78 Å². The number of rotatable bonds is 4. The second-order valence-corrected chi connectivity index (χ2v) is 5.44. The second-order valence-electron chi connectivity index (χ2n) is 3.87. The Labute approximate surface area is 114 Å². The van der Waals surface area contributed by atoms with Crippen LogP contribution in [-0.2, 0) is 10.0 Å². The van der Waals surface area contributed by atoms with Crippen molar-refractivity contribution >= 4 is 10.0 Å². The van der Waals surface area contributed by atoms with Crippen LogP contribution in [0.5, 0.6) is 5.75 Å². The van der Waals surface area contributed by atoms with Crippen LogP contribution in [0.3, 0.4) is 0 Å². The molecule has 0 atom stereocenters. The zero-order valence-corrected chi connectivity index (χ0v) is 10.9. The average molecular weight is 298 g/mol. The number of sulfonamides is 1. The van der Waals surface area contributed by atoms with Gasteiger partial charge in [-0.3, -0.25) is 0 Å². The molecule has 0 unspecified atom stereocenters. The highest BCUT2D eigenvalue weighted by atomic mass is 32.2. The number of nitrogens with two attached hydrogens (primary N) is 1. The number of hydrogen-bond acceptors (Lipinski definition) is 3. The lowest BCUT2D eigenvalue weighted by Crippen LogP contribution is -2.12. The van der Waals surface area contributed by atoms with Crippen molar-refractivity contribution < 1.29 is 21.9 Å². The fourth-order valence-corrected chi connectivity index (χ4v) is 2.24. The summed E-state index contributed by atoms with van der Waals surface area (Å²) in [4.78, 5) is -0.109. The highest BCUT2D eigenvalue weighted by molar-refractivity contribution is 7.89. The molecule has 0 fully saturated rings. The van der Waals surface area contributed by atoms with Crippen LogP contribution in [0.2, 0.25) is 0 Å². The molecule has 0 aromatic heterocycles. The maximum atomic E-state index is 12.3. The predicted molar refractivity (Wildman–Crippen MR) is 68.7 cm³/mol. The maximum absolute atomic E-state index is 12.3. The van der Waals surface area contributed by atoms with E-state index in [9.17, 15) is 17.2 Å². The third-order valence-corrected chi connectivity index (χ3v) is 3.42. The largest absolute Gasteiger partial charge is 0.434 e. The lowest BCUT2D eigenvalue weighted by Gasteiger charge is -2.11. The van der Waals surface area contributed by atoms with Crippen LogP contribution in [-0.4, -0.2) is 15.0 Å². The van der Waals surface area contributed by atoms with E-state index in [1.54, 1.807) is 6.07 Å². The number of ether oxygens (including phenoxy) is 1. The van der Waals surface area contributed by atoms with Gasteiger partial charge in [-0.1, -0.05) is 18.2 Å². The number of hydrogen-bond donors (Lipinski definition) is 1. The molecule has 20 heavy (non-hydrogen) atoms. The Morgan fingerprint density at radius 2 is 2.00 bits per heavy atom. The van der Waals surface area contributed by atoms with E-state index >= 15 is 0 Å². The molecule has 2 aromatic carbocycles. The van der Waals surface area contributed by atoms with E-state index in [4.69, 9.17) is 5.14 Å². The van der Waals surface area contributed by atoms with Crippen LogP contribution in [0.25, 0.3) is 11.1 Å². The summed E-state index contributed by atoms with van der Waals surface area (Å²) in [6, 6.07) is 12.5. The third kappa shape index (κ3) is 3.31. The first-order valence-corrected chi connectivity index (χ1v) is 7.01. The van der Waals surface area contributed by atoms with E-state index in [1.807, 2.05) is 0 Å². The van der Waals surface area contributed by atoms with E-state index in [0.717, 1.165) is 0 Å². The zero-order valence-electron chi connectivity index (χ0n) is 10.1. The molecule has 2 N–H and O–H groups in total. The molecular weight excluding hydrogens is 288 g/mol. The number of primary sulfonamides is 1. The molecule has 1 radical (unpaired) electrons. The summed E-state index contributed by atoms with van der Waals surface area (Å²) in [6.07, 6.45) is 0. The summed E-state index contributed by atoms with van der Waals surface area (Å²) in [5.41, 5.74) is 0.697. The molecule has 0 bridgehead atoms. The highest BCUT2D eigenvalue weighted by Crippen LogP contribution is 2.31. The Morgan fingerprint density at radius 1 is 1.25 bits per heavy atom. The Hall–Kier alpha value is -1.99. The first-order valence-electron chi connectivity index (χ1n) is 5.46. The summed E-state index contributed by atoms with van der Waals surface area (Å²) in [5, 5.41) is 5.04. The van der Waals surface area contributed by atoms with Gasteiger partial charge in [0, 0.05) is 5.56 Å². The van der Waals surface area contributed by atoms with Gasteiger partial charge in [-0.15, -0.1) is 0 Å². The molecule has 2 aromatic rings. The fourth-order valence-electron chi connectivity index (χ4n) is 1.68. The Kier molecular flexibility index (Phi) is 4.01. The third-order valence-electron chi connectivity index (χ3n) is 2.51. The molecule has 0 aliphatic rings. The molecule has 0 amide bonds. The number of alkyl halides is 2. The molecule has 0 spiro atoms. The van der Waals surface area contributed by atoms with Crippen molar-refractivity contribution in [3.8, 4) is 16.9 Å². The molecule has 0 aliphatic heterocycles. The average Bonchev–Trinajstić information content (AvgIpc) is 2.38. The minimum atomic E-state index is -3.87. The maximum Gasteiger partial charge on any atom is 0.387 e. The zero-order chi connectivity index (χ0) is 14.8. The highest BCUT2D eigenvalue weighted by Gasteiger charge is 2.13. The van der Waals surface area contributed by atoms with Crippen molar-refractivity contribution in [3.63, 3.8) is 0 Å². The van der Waals surface area contributed by atoms with Crippen LogP contribution in [0.4, 0.5) is 8.78 Å². The normalized spacial score (nSPS) is 11.6. The Balaban J connectivity index is 2.52. The van der Waals surface area contributed by atoms with Gasteiger partial charge in [-0.25, -0.2) is 13.6 Å². The van der Waals surface area contributed by atoms with Crippen LogP contribution in [0.1, 0.15) is 0 Å². The summed E-state index contributed by atoms with van der Waals surface area (Å²) < 4.78 is 51.7. The van der Waals surface area contributed by atoms with Crippen LogP contribution in [0.15, 0.2) is 47.4 Å². The van der Waals surface area contributed by atoms with Gasteiger partial charge in [0.25, 0.3) is 0 Å². The molecule has 0 saturated heterocycles. The van der Waals surface area contributed by atoms with E-state index in [0.29, 0.717) is 11.1 Å². The molecule has 105 valence electrons. The van der Waals surface area contributed by atoms with Gasteiger partial charge in [0.1, 0.15) is 5.75 Å². The van der Waals surface area contributed by atoms with Crippen LogP contribution >= 0.6 is 0 Å². The Bertz CT molecular complexity index is 717. The minimum absolute atomic E-state index is 0.0645. The van der Waals surface area contributed by atoms with Crippen LogP contribution < -0.4 is 9.88 Å². The standard InChI is InChI=1S/C13H10F2NO3S/c14-13(15)19-12-7-2-1-6-11(12)9-4-3-5-10(8-9)20(16,17)18/h2-8,13H,(H2,16,17,18). The van der Waals surface area contributed by atoms with Gasteiger partial charge >= 0.3 is 6.61 Å². The van der Waals surface area contributed by atoms with Crippen molar-refractivity contribution in [1.82, 2.24) is 0 Å². The van der Waals surface area contributed by atoms with E-state index in [-0.39, 0.29) is 10.6 Å². The number of halogens is 2. The van der Waals surface area contributed by atoms with E-state index < -0.39 is 16.6 Å². The summed E-state index contributed by atoms with van der Waals surface area (Å²) in [5.74, 6) is -0.0645. The smallest absolute Gasteiger partial charge is 0.387 e. The van der Waals surface area contributed by atoms with Gasteiger partial charge in [0.2, 0.25) is 10.0 Å². The minimum Gasteiger partial charge on any atom is -0.434 e. The fraction of sp³-hybridized carbons (Fsp3) is 0.0769. The summed E-state index contributed by atoms with van der Waals surface area (Å²) in [7, 11) is -3.87. The molecule has 0 aliphatic carbocycles. The predicted octanol–water partition coefficient (Wildman–Crippen LogP) is 2.40. The van der Waals surface area contributed by atoms with Gasteiger partial charge < -0.3 is 4.74 Å². The lowest BCUT2D eigenvalue weighted by atomic mass is 10.1. The lowest BCUT2D eigenvalue weighted by molar-refractivity contribution is -0.0494. The quantitative estimate of drug-likeness (QED) is 0.942. The molecular formula is C13H10F2NO3S. The van der Waals surface area contributed by atoms with Crippen molar-refractivity contribution in [1.29, 1.82) is 0 Å². The van der Waals surface area contributed by atoms with Crippen molar-refractivity contribution in [3.05, 3.63) is 48.5 Å². The van der Waals surface area contributed by atoms with Crippen molar-refractivity contribution in [2.45, 2.75) is 11.5 Å². The van der Waals surface area contributed by atoms with Crippen molar-refractivity contribution in [2.75, 3.05) is 0 Å². The Morgan fingerprint density at radius 3 is 2.65 bits per heavy atom. The SMILES string of the molecule is NS(=O)(=O)c1cccc(-c2c[c]ccc2OC(F)F)c1. The van der Waals surface area contributed by atoms with E-state index in [1.165, 1.54) is 36.4 Å². The number of benzene rings is 2. The van der Waals surface area contributed by atoms with E-state index in [2.05, 4.69) is 10.8 Å². The molecule has 2 rings (SSSR count). The van der Waals surface area contributed by atoms with Gasteiger partial charge in [-0.05, 0) is 35.9 Å². The van der Waals surface area contributed by atoms with Gasteiger partial charge in [0.05, 0.1) is 4.90 Å². The first kappa shape index (κ1) is 14.4. The monoisotopic (exact) mass is 298 g/mol. The van der Waals surface area contributed by atoms with Crippen molar-refractivity contribution in [2.24, 2.45) is 5.14 Å². The molecule has 0 saturated carbocycles. The van der Waals surface area contributed by atoms with Crippen LogP contribution in [0, 0.1) is 6.07 Å². The molecule has 7 heteroatoms.